The van der Waals surface area contributed by atoms with Crippen LogP contribution < -0.4 is 10.6 Å². The summed E-state index contributed by atoms with van der Waals surface area (Å²) in [4.78, 5) is 17.4. The number of para-hydroxylation sites is 1. The van der Waals surface area contributed by atoms with Crippen molar-refractivity contribution < 1.29 is 9.18 Å². The molecule has 1 aliphatic heterocycles. The molecule has 120 valence electrons. The van der Waals surface area contributed by atoms with Gasteiger partial charge in [0.05, 0.1) is 4.88 Å². The molecule has 4 rings (SSSR count). The summed E-state index contributed by atoms with van der Waals surface area (Å²) < 4.78 is 13.6. The molecule has 6 heteroatoms. The maximum Gasteiger partial charge on any atom is 0.226 e. The van der Waals surface area contributed by atoms with Crippen LogP contribution in [0.3, 0.4) is 0 Å². The average Bonchev–Trinajstić information content (AvgIpc) is 2.97. The number of nitrogens with zero attached hydrogens (tertiary/aromatic N) is 1. The minimum atomic E-state index is -0.299. The number of carbonyl (C=O) groups is 1. The predicted molar refractivity (Wildman–Crippen MR) is 93.3 cm³/mol. The van der Waals surface area contributed by atoms with E-state index >= 15 is 0 Å². The Hall–Kier alpha value is -2.73. The van der Waals surface area contributed by atoms with Crippen LogP contribution in [0.4, 0.5) is 21.0 Å². The quantitative estimate of drug-likeness (QED) is 0.739. The van der Waals surface area contributed by atoms with E-state index in [1.165, 1.54) is 23.5 Å². The summed E-state index contributed by atoms with van der Waals surface area (Å²) in [7, 11) is 0. The number of fused-ring (bicyclic) bond motifs is 1. The molecular weight excluding hydrogens is 325 g/mol. The molecule has 0 fully saturated rings. The van der Waals surface area contributed by atoms with Crippen LogP contribution in [-0.4, -0.2) is 10.9 Å². The highest BCUT2D eigenvalue weighted by atomic mass is 32.1. The normalized spacial score (nSPS) is 16.4. The van der Waals surface area contributed by atoms with Crippen molar-refractivity contribution in [3.63, 3.8) is 0 Å². The minimum absolute atomic E-state index is 0.103. The van der Waals surface area contributed by atoms with Gasteiger partial charge in [-0.1, -0.05) is 41.7 Å². The third-order valence-corrected chi connectivity index (χ3v) is 4.98. The Morgan fingerprint density at radius 1 is 1.17 bits per heavy atom. The van der Waals surface area contributed by atoms with Crippen molar-refractivity contribution in [3.05, 3.63) is 70.9 Å². The second kappa shape index (κ2) is 6.05. The summed E-state index contributed by atoms with van der Waals surface area (Å²) in [6, 6.07) is 16.1. The lowest BCUT2D eigenvalue weighted by molar-refractivity contribution is -0.116. The first-order valence-electron chi connectivity index (χ1n) is 7.57. The van der Waals surface area contributed by atoms with E-state index in [9.17, 15) is 9.18 Å². The topological polar surface area (TPSA) is 54.0 Å². The molecule has 0 spiro atoms. The van der Waals surface area contributed by atoms with E-state index in [0.717, 1.165) is 16.1 Å². The van der Waals surface area contributed by atoms with E-state index in [4.69, 9.17) is 0 Å². The molecule has 1 atom stereocenters. The van der Waals surface area contributed by atoms with Crippen LogP contribution in [0.15, 0.2) is 54.6 Å². The van der Waals surface area contributed by atoms with Crippen LogP contribution in [0.5, 0.6) is 0 Å². The van der Waals surface area contributed by atoms with Crippen molar-refractivity contribution >= 4 is 33.9 Å². The Labute approximate surface area is 142 Å². The number of anilines is 3. The number of benzene rings is 2. The zero-order valence-electron chi connectivity index (χ0n) is 12.6. The molecule has 0 bridgehead atoms. The fourth-order valence-electron chi connectivity index (χ4n) is 2.81. The summed E-state index contributed by atoms with van der Waals surface area (Å²) >= 11 is 1.48. The van der Waals surface area contributed by atoms with E-state index < -0.39 is 0 Å². The molecule has 2 N–H and O–H groups in total. The maximum absolute atomic E-state index is 13.6. The highest BCUT2D eigenvalue weighted by molar-refractivity contribution is 7.16. The molecule has 24 heavy (non-hydrogen) atoms. The van der Waals surface area contributed by atoms with Crippen LogP contribution in [0.2, 0.25) is 0 Å². The molecule has 1 aliphatic rings. The lowest BCUT2D eigenvalue weighted by Gasteiger charge is -2.21. The van der Waals surface area contributed by atoms with Gasteiger partial charge in [0.15, 0.2) is 5.13 Å². The summed E-state index contributed by atoms with van der Waals surface area (Å²) in [6.07, 6.45) is 0.295. The van der Waals surface area contributed by atoms with Crippen LogP contribution in [-0.2, 0) is 4.79 Å². The van der Waals surface area contributed by atoms with Gasteiger partial charge < -0.3 is 10.6 Å². The summed E-state index contributed by atoms with van der Waals surface area (Å²) in [5.41, 5.74) is 1.72. The molecular formula is C18H14FN3OS. The third kappa shape index (κ3) is 2.88. The molecule has 0 saturated carbocycles. The first-order valence-corrected chi connectivity index (χ1v) is 8.39. The second-order valence-corrected chi connectivity index (χ2v) is 6.61. The van der Waals surface area contributed by atoms with Crippen molar-refractivity contribution in [1.82, 2.24) is 4.98 Å². The van der Waals surface area contributed by atoms with Crippen molar-refractivity contribution in [2.45, 2.75) is 12.3 Å². The van der Waals surface area contributed by atoms with Crippen LogP contribution in [0, 0.1) is 5.82 Å². The van der Waals surface area contributed by atoms with E-state index in [1.54, 1.807) is 6.07 Å². The van der Waals surface area contributed by atoms with Crippen molar-refractivity contribution in [1.29, 1.82) is 0 Å². The van der Waals surface area contributed by atoms with Crippen LogP contribution in [0.25, 0.3) is 0 Å². The number of aromatic nitrogens is 1. The van der Waals surface area contributed by atoms with Gasteiger partial charge in [0.1, 0.15) is 11.6 Å². The largest absolute Gasteiger partial charge is 0.331 e. The van der Waals surface area contributed by atoms with Gasteiger partial charge in [0.2, 0.25) is 5.91 Å². The average molecular weight is 339 g/mol. The highest BCUT2D eigenvalue weighted by Gasteiger charge is 2.30. The Balaban J connectivity index is 1.70. The molecule has 1 amide bonds. The van der Waals surface area contributed by atoms with Gasteiger partial charge in [-0.3, -0.25) is 4.79 Å². The van der Waals surface area contributed by atoms with Crippen LogP contribution in [0.1, 0.15) is 22.8 Å². The minimum Gasteiger partial charge on any atom is -0.331 e. The Morgan fingerprint density at radius 3 is 2.79 bits per heavy atom. The first kappa shape index (κ1) is 14.8. The van der Waals surface area contributed by atoms with E-state index in [-0.39, 0.29) is 17.6 Å². The Bertz CT molecular complexity index is 894. The fourth-order valence-corrected chi connectivity index (χ4v) is 3.88. The van der Waals surface area contributed by atoms with Gasteiger partial charge in [-0.15, -0.1) is 0 Å². The van der Waals surface area contributed by atoms with E-state index in [2.05, 4.69) is 15.6 Å². The Kier molecular flexibility index (Phi) is 3.74. The number of rotatable bonds is 3. The molecule has 3 aromatic rings. The molecule has 4 nitrogen and oxygen atoms in total. The maximum atomic E-state index is 13.6. The monoisotopic (exact) mass is 339 g/mol. The number of nitrogens with one attached hydrogen (secondary N) is 2. The molecule has 0 unspecified atom stereocenters. The number of hydrogen-bond donors (Lipinski definition) is 2. The van der Waals surface area contributed by atoms with Crippen molar-refractivity contribution in [3.8, 4) is 0 Å². The molecule has 2 heterocycles. The SMILES string of the molecule is O=C1C[C@@H](c2cccc(F)c2)c2sc(Nc3ccccc3)nc2N1. The third-order valence-electron chi connectivity index (χ3n) is 3.89. The van der Waals surface area contributed by atoms with E-state index in [0.29, 0.717) is 17.4 Å². The number of amides is 1. The number of carbonyl (C=O) groups excluding carboxylic acids is 1. The van der Waals surface area contributed by atoms with E-state index in [1.807, 2.05) is 36.4 Å². The zero-order valence-corrected chi connectivity index (χ0v) is 13.4. The molecule has 2 aromatic carbocycles. The van der Waals surface area contributed by atoms with Crippen molar-refractivity contribution in [2.75, 3.05) is 10.6 Å². The number of thiazole rings is 1. The number of halogens is 1. The van der Waals surface area contributed by atoms with Gasteiger partial charge in [-0.05, 0) is 29.8 Å². The molecule has 0 aliphatic carbocycles. The first-order chi connectivity index (χ1) is 11.7. The van der Waals surface area contributed by atoms with Gasteiger partial charge in [0, 0.05) is 18.0 Å². The molecule has 0 radical (unpaired) electrons. The molecule has 0 saturated heterocycles. The summed E-state index contributed by atoms with van der Waals surface area (Å²) in [5, 5.41) is 6.75. The van der Waals surface area contributed by atoms with Crippen molar-refractivity contribution in [2.24, 2.45) is 0 Å². The van der Waals surface area contributed by atoms with Gasteiger partial charge in [-0.25, -0.2) is 9.37 Å². The van der Waals surface area contributed by atoms with Gasteiger partial charge >= 0.3 is 0 Å². The zero-order chi connectivity index (χ0) is 16.5. The highest BCUT2D eigenvalue weighted by Crippen LogP contribution is 2.42. The standard InChI is InChI=1S/C18H14FN3OS/c19-12-6-4-5-11(9-12)14-10-15(23)21-17-16(14)24-18(22-17)20-13-7-2-1-3-8-13/h1-9,14H,10H2,(H,20,22)(H,21,23)/t14-/m0/s1. The van der Waals surface area contributed by atoms with Gasteiger partial charge in [0.25, 0.3) is 0 Å². The number of hydrogen-bond acceptors (Lipinski definition) is 4. The lowest BCUT2D eigenvalue weighted by Crippen LogP contribution is -2.22. The smallest absolute Gasteiger partial charge is 0.226 e. The second-order valence-electron chi connectivity index (χ2n) is 5.58. The summed E-state index contributed by atoms with van der Waals surface area (Å²) in [5.74, 6) is -0.0160. The van der Waals surface area contributed by atoms with Gasteiger partial charge in [-0.2, -0.15) is 0 Å². The summed E-state index contributed by atoms with van der Waals surface area (Å²) in [6.45, 7) is 0. The predicted octanol–water partition coefficient (Wildman–Crippen LogP) is 4.50. The fraction of sp³-hybridized carbons (Fsp3) is 0.111. The molecule has 1 aromatic heterocycles. The van der Waals surface area contributed by atoms with Crippen LogP contribution >= 0.6 is 11.3 Å². The lowest BCUT2D eigenvalue weighted by atomic mass is 9.91. The Morgan fingerprint density at radius 2 is 2.00 bits per heavy atom.